The molecule has 1 unspecified atom stereocenters. The molecule has 7 nitrogen and oxygen atoms in total. The van der Waals surface area contributed by atoms with E-state index in [1.807, 2.05) is 25.2 Å². The van der Waals surface area contributed by atoms with E-state index in [2.05, 4.69) is 61.9 Å². The van der Waals surface area contributed by atoms with Crippen molar-refractivity contribution in [2.24, 2.45) is 7.05 Å². The summed E-state index contributed by atoms with van der Waals surface area (Å²) in [5, 5.41) is 9.97. The number of methoxy groups -OCH3 is 1. The number of benzene rings is 2. The van der Waals surface area contributed by atoms with E-state index < -0.39 is 0 Å². The summed E-state index contributed by atoms with van der Waals surface area (Å²) in [5.41, 5.74) is 4.37. The number of ether oxygens (including phenoxy) is 1. The zero-order valence-electron chi connectivity index (χ0n) is 16.8. The number of H-pyrrole nitrogens is 1. The minimum Gasteiger partial charge on any atom is -0.497 e. The van der Waals surface area contributed by atoms with Gasteiger partial charge in [-0.3, -0.25) is 4.68 Å². The van der Waals surface area contributed by atoms with Crippen molar-refractivity contribution in [2.45, 2.75) is 5.92 Å². The van der Waals surface area contributed by atoms with E-state index in [1.165, 1.54) is 16.5 Å². The smallest absolute Gasteiger partial charge is 0.163 e. The van der Waals surface area contributed by atoms with E-state index in [1.54, 1.807) is 24.3 Å². The number of rotatable bonds is 6. The SMILES string of the molecule is COc1ccc(C(CNc2ncnc3c2cnn3C)c2c[nH]c3ccccc23)cc1. The minimum absolute atomic E-state index is 0.119. The average Bonchev–Trinajstić information content (AvgIpc) is 3.39. The fourth-order valence-corrected chi connectivity index (χ4v) is 3.93. The van der Waals surface area contributed by atoms with Gasteiger partial charge in [0.15, 0.2) is 5.65 Å². The molecule has 1 atom stereocenters. The van der Waals surface area contributed by atoms with Gasteiger partial charge in [0.05, 0.1) is 18.7 Å². The van der Waals surface area contributed by atoms with E-state index in [9.17, 15) is 0 Å². The Bertz CT molecular complexity index is 1300. The quantitative estimate of drug-likeness (QED) is 0.450. The van der Waals surface area contributed by atoms with Gasteiger partial charge in [-0.05, 0) is 29.3 Å². The summed E-state index contributed by atoms with van der Waals surface area (Å²) in [6.07, 6.45) is 5.47. The van der Waals surface area contributed by atoms with Crippen molar-refractivity contribution in [3.8, 4) is 5.75 Å². The molecular weight excluding hydrogens is 376 g/mol. The third kappa shape index (κ3) is 3.14. The molecule has 7 heteroatoms. The Kier molecular flexibility index (Phi) is 4.55. The molecule has 0 saturated heterocycles. The predicted octanol–water partition coefficient (Wildman–Crippen LogP) is 4.10. The summed E-state index contributed by atoms with van der Waals surface area (Å²) in [7, 11) is 3.56. The first-order valence-electron chi connectivity index (χ1n) is 9.81. The lowest BCUT2D eigenvalue weighted by atomic mass is 9.90. The van der Waals surface area contributed by atoms with Crippen LogP contribution in [0, 0.1) is 0 Å². The first-order chi connectivity index (χ1) is 14.7. The number of hydrogen-bond donors (Lipinski definition) is 2. The normalized spacial score (nSPS) is 12.3. The second kappa shape index (κ2) is 7.51. The number of aromatic amines is 1. The maximum atomic E-state index is 5.34. The zero-order valence-corrected chi connectivity index (χ0v) is 16.8. The summed E-state index contributed by atoms with van der Waals surface area (Å²) in [6.45, 7) is 0.676. The third-order valence-corrected chi connectivity index (χ3v) is 5.52. The van der Waals surface area contributed by atoms with Crippen LogP contribution in [-0.4, -0.2) is 38.4 Å². The molecular formula is C23H22N6O. The molecule has 0 bridgehead atoms. The van der Waals surface area contributed by atoms with Crippen LogP contribution in [0.5, 0.6) is 5.75 Å². The van der Waals surface area contributed by atoms with Gasteiger partial charge in [0.25, 0.3) is 0 Å². The van der Waals surface area contributed by atoms with Crippen LogP contribution in [0.25, 0.3) is 21.9 Å². The van der Waals surface area contributed by atoms with Crippen molar-refractivity contribution in [3.63, 3.8) is 0 Å². The molecule has 5 aromatic rings. The molecule has 2 aromatic carbocycles. The fraction of sp³-hybridized carbons (Fsp3) is 0.174. The van der Waals surface area contributed by atoms with Crippen LogP contribution in [0.1, 0.15) is 17.0 Å². The lowest BCUT2D eigenvalue weighted by Crippen LogP contribution is -2.15. The van der Waals surface area contributed by atoms with Crippen molar-refractivity contribution in [2.75, 3.05) is 19.0 Å². The van der Waals surface area contributed by atoms with Gasteiger partial charge in [0.2, 0.25) is 0 Å². The van der Waals surface area contributed by atoms with Gasteiger partial charge < -0.3 is 15.0 Å². The van der Waals surface area contributed by atoms with E-state index in [-0.39, 0.29) is 5.92 Å². The van der Waals surface area contributed by atoms with Crippen molar-refractivity contribution in [1.82, 2.24) is 24.7 Å². The van der Waals surface area contributed by atoms with Gasteiger partial charge in [0.1, 0.15) is 17.9 Å². The molecule has 2 N–H and O–H groups in total. The van der Waals surface area contributed by atoms with E-state index in [4.69, 9.17) is 4.74 Å². The summed E-state index contributed by atoms with van der Waals surface area (Å²) >= 11 is 0. The van der Waals surface area contributed by atoms with Crippen LogP contribution in [0.2, 0.25) is 0 Å². The summed E-state index contributed by atoms with van der Waals surface area (Å²) < 4.78 is 7.09. The summed E-state index contributed by atoms with van der Waals surface area (Å²) in [4.78, 5) is 12.2. The maximum absolute atomic E-state index is 5.34. The van der Waals surface area contributed by atoms with Crippen molar-refractivity contribution in [3.05, 3.63) is 78.4 Å². The minimum atomic E-state index is 0.119. The fourth-order valence-electron chi connectivity index (χ4n) is 3.93. The monoisotopic (exact) mass is 398 g/mol. The predicted molar refractivity (Wildman–Crippen MR) is 118 cm³/mol. The van der Waals surface area contributed by atoms with Crippen LogP contribution in [0.4, 0.5) is 5.82 Å². The van der Waals surface area contributed by atoms with Crippen molar-refractivity contribution in [1.29, 1.82) is 0 Å². The Balaban J connectivity index is 1.53. The van der Waals surface area contributed by atoms with E-state index in [0.717, 1.165) is 28.1 Å². The van der Waals surface area contributed by atoms with Crippen LogP contribution < -0.4 is 10.1 Å². The maximum Gasteiger partial charge on any atom is 0.163 e. The number of anilines is 1. The third-order valence-electron chi connectivity index (χ3n) is 5.52. The molecule has 0 fully saturated rings. The van der Waals surface area contributed by atoms with Crippen LogP contribution >= 0.6 is 0 Å². The van der Waals surface area contributed by atoms with Gasteiger partial charge >= 0.3 is 0 Å². The zero-order chi connectivity index (χ0) is 20.5. The Hall–Kier alpha value is -3.87. The molecule has 0 amide bonds. The molecule has 0 spiro atoms. The number of fused-ring (bicyclic) bond motifs is 2. The molecule has 3 heterocycles. The summed E-state index contributed by atoms with van der Waals surface area (Å²) in [6, 6.07) is 16.6. The molecule has 0 aliphatic heterocycles. The first-order valence-corrected chi connectivity index (χ1v) is 9.81. The molecule has 0 radical (unpaired) electrons. The molecule has 0 aliphatic carbocycles. The molecule has 3 aromatic heterocycles. The molecule has 0 saturated carbocycles. The number of hydrogen-bond acceptors (Lipinski definition) is 5. The number of nitrogens with one attached hydrogen (secondary N) is 2. The first kappa shape index (κ1) is 18.2. The Morgan fingerprint density at radius 1 is 1.07 bits per heavy atom. The van der Waals surface area contributed by atoms with Gasteiger partial charge in [-0.25, -0.2) is 9.97 Å². The Morgan fingerprint density at radius 2 is 1.90 bits per heavy atom. The van der Waals surface area contributed by atoms with Crippen LogP contribution in [0.3, 0.4) is 0 Å². The highest BCUT2D eigenvalue weighted by Crippen LogP contribution is 2.32. The Labute approximate surface area is 173 Å². The number of aryl methyl sites for hydroxylation is 1. The topological polar surface area (TPSA) is 80.7 Å². The van der Waals surface area contributed by atoms with Gasteiger partial charge in [-0.2, -0.15) is 5.10 Å². The molecule has 150 valence electrons. The highest BCUT2D eigenvalue weighted by molar-refractivity contribution is 5.86. The molecule has 0 aliphatic rings. The van der Waals surface area contributed by atoms with Crippen molar-refractivity contribution >= 4 is 27.8 Å². The van der Waals surface area contributed by atoms with Crippen LogP contribution in [0.15, 0.2) is 67.3 Å². The van der Waals surface area contributed by atoms with Gasteiger partial charge in [-0.15, -0.1) is 0 Å². The highest BCUT2D eigenvalue weighted by Gasteiger charge is 2.19. The van der Waals surface area contributed by atoms with Gasteiger partial charge in [0, 0.05) is 36.6 Å². The van der Waals surface area contributed by atoms with Gasteiger partial charge in [-0.1, -0.05) is 30.3 Å². The summed E-state index contributed by atoms with van der Waals surface area (Å²) in [5.74, 6) is 1.75. The Morgan fingerprint density at radius 3 is 2.73 bits per heavy atom. The second-order valence-corrected chi connectivity index (χ2v) is 7.22. The molecule has 30 heavy (non-hydrogen) atoms. The molecule has 5 rings (SSSR count). The van der Waals surface area contributed by atoms with E-state index in [0.29, 0.717) is 6.54 Å². The largest absolute Gasteiger partial charge is 0.497 e. The standard InChI is InChI=1S/C23H22N6O/c1-29-23-20(13-28-29)22(26-14-27-23)25-11-18(15-7-9-16(30-2)10-8-15)19-12-24-21-6-4-3-5-17(19)21/h3-10,12-14,18,24H,11H2,1-2H3,(H,25,26,27). The number of nitrogens with zero attached hydrogens (tertiary/aromatic N) is 4. The second-order valence-electron chi connectivity index (χ2n) is 7.22. The van der Waals surface area contributed by atoms with Crippen molar-refractivity contribution < 1.29 is 4.74 Å². The number of para-hydroxylation sites is 1. The lowest BCUT2D eigenvalue weighted by Gasteiger charge is -2.19. The highest BCUT2D eigenvalue weighted by atomic mass is 16.5. The van der Waals surface area contributed by atoms with Crippen LogP contribution in [-0.2, 0) is 7.05 Å². The lowest BCUT2D eigenvalue weighted by molar-refractivity contribution is 0.414. The van der Waals surface area contributed by atoms with E-state index >= 15 is 0 Å². The average molecular weight is 398 g/mol. The number of aromatic nitrogens is 5.